The van der Waals surface area contributed by atoms with Crippen LogP contribution in [0.1, 0.15) is 16.1 Å². The van der Waals surface area contributed by atoms with E-state index in [9.17, 15) is 9.18 Å². The van der Waals surface area contributed by atoms with Gasteiger partial charge in [0.2, 0.25) is 5.95 Å². The number of rotatable bonds is 5. The third kappa shape index (κ3) is 3.62. The number of halogens is 1. The van der Waals surface area contributed by atoms with E-state index in [4.69, 9.17) is 4.42 Å². The molecule has 1 N–H and O–H groups in total. The predicted octanol–water partition coefficient (Wildman–Crippen LogP) is 3.98. The number of furan rings is 1. The molecule has 6 nitrogen and oxygen atoms in total. The van der Waals surface area contributed by atoms with Gasteiger partial charge < -0.3 is 9.73 Å². The van der Waals surface area contributed by atoms with Crippen molar-refractivity contribution in [2.45, 2.75) is 6.54 Å². The van der Waals surface area contributed by atoms with Crippen LogP contribution in [-0.4, -0.2) is 20.7 Å². The molecule has 4 rings (SSSR count). The molecule has 0 atom stereocenters. The molecule has 0 aliphatic heterocycles. The number of nitrogens with one attached hydrogen (secondary N) is 1. The average molecular weight is 362 g/mol. The van der Waals surface area contributed by atoms with Crippen LogP contribution < -0.4 is 5.32 Å². The zero-order valence-electron chi connectivity index (χ0n) is 14.2. The molecule has 0 amide bonds. The molecule has 0 spiro atoms. The quantitative estimate of drug-likeness (QED) is 0.581. The lowest BCUT2D eigenvalue weighted by Gasteiger charge is -2.06. The Morgan fingerprint density at radius 1 is 1.04 bits per heavy atom. The number of aromatic nitrogens is 3. The molecule has 0 aliphatic rings. The van der Waals surface area contributed by atoms with Crippen LogP contribution in [0.25, 0.3) is 11.4 Å². The fourth-order valence-electron chi connectivity index (χ4n) is 2.57. The Labute approximate surface area is 154 Å². The van der Waals surface area contributed by atoms with E-state index in [0.29, 0.717) is 23.7 Å². The standard InChI is InChI=1S/C20H15FN4O2/c21-16-10-8-15(9-11-16)19(26)25-20(22-13-17-7-4-12-27-17)23-18(24-25)14-5-2-1-3-6-14/h1-12H,13H2,(H,22,23,24). The molecule has 0 unspecified atom stereocenters. The summed E-state index contributed by atoms with van der Waals surface area (Å²) in [6.07, 6.45) is 1.57. The van der Waals surface area contributed by atoms with Gasteiger partial charge in [0.05, 0.1) is 12.8 Å². The Hall–Kier alpha value is -3.74. The number of carbonyl (C=O) groups excluding carboxylic acids is 1. The summed E-state index contributed by atoms with van der Waals surface area (Å²) in [4.78, 5) is 17.3. The van der Waals surface area contributed by atoms with Crippen LogP contribution in [-0.2, 0) is 6.54 Å². The first-order valence-electron chi connectivity index (χ1n) is 8.30. The highest BCUT2D eigenvalue weighted by Gasteiger charge is 2.19. The average Bonchev–Trinajstić information content (AvgIpc) is 3.37. The fraction of sp³-hybridized carbons (Fsp3) is 0.0500. The van der Waals surface area contributed by atoms with E-state index < -0.39 is 11.7 Å². The molecule has 0 radical (unpaired) electrons. The summed E-state index contributed by atoms with van der Waals surface area (Å²) < 4.78 is 19.6. The van der Waals surface area contributed by atoms with Gasteiger partial charge in [-0.15, -0.1) is 5.10 Å². The van der Waals surface area contributed by atoms with E-state index in [-0.39, 0.29) is 5.95 Å². The molecule has 0 bridgehead atoms. The highest BCUT2D eigenvalue weighted by Crippen LogP contribution is 2.19. The SMILES string of the molecule is O=C(c1ccc(F)cc1)n1nc(-c2ccccc2)nc1NCc1ccco1. The van der Waals surface area contributed by atoms with Gasteiger partial charge in [-0.05, 0) is 36.4 Å². The topological polar surface area (TPSA) is 73.0 Å². The Bertz CT molecular complexity index is 1040. The van der Waals surface area contributed by atoms with Crippen LogP contribution in [0.3, 0.4) is 0 Å². The molecule has 134 valence electrons. The second kappa shape index (κ2) is 7.25. The van der Waals surface area contributed by atoms with Gasteiger partial charge in [0.15, 0.2) is 5.82 Å². The van der Waals surface area contributed by atoms with Gasteiger partial charge >= 0.3 is 0 Å². The van der Waals surface area contributed by atoms with E-state index in [1.165, 1.54) is 28.9 Å². The number of carbonyl (C=O) groups is 1. The molecule has 27 heavy (non-hydrogen) atoms. The fourth-order valence-corrected chi connectivity index (χ4v) is 2.57. The molecule has 4 aromatic rings. The number of anilines is 1. The van der Waals surface area contributed by atoms with Crippen molar-refractivity contribution in [3.05, 3.63) is 90.1 Å². The lowest BCUT2D eigenvalue weighted by molar-refractivity contribution is 0.0947. The Morgan fingerprint density at radius 2 is 1.81 bits per heavy atom. The van der Waals surface area contributed by atoms with E-state index in [1.54, 1.807) is 12.3 Å². The van der Waals surface area contributed by atoms with Crippen molar-refractivity contribution in [1.29, 1.82) is 0 Å². The van der Waals surface area contributed by atoms with Crippen LogP contribution in [0, 0.1) is 5.82 Å². The number of nitrogens with zero attached hydrogens (tertiary/aromatic N) is 3. The van der Waals surface area contributed by atoms with Crippen LogP contribution in [0.15, 0.2) is 77.4 Å². The van der Waals surface area contributed by atoms with Gasteiger partial charge in [0.1, 0.15) is 11.6 Å². The lowest BCUT2D eigenvalue weighted by atomic mass is 10.2. The Morgan fingerprint density at radius 3 is 2.52 bits per heavy atom. The molecule has 0 saturated heterocycles. The van der Waals surface area contributed by atoms with Crippen LogP contribution in [0.5, 0.6) is 0 Å². The maximum atomic E-state index is 13.2. The van der Waals surface area contributed by atoms with Crippen molar-refractivity contribution in [2.75, 3.05) is 5.32 Å². The van der Waals surface area contributed by atoms with Crippen molar-refractivity contribution < 1.29 is 13.6 Å². The lowest BCUT2D eigenvalue weighted by Crippen LogP contribution is -2.17. The summed E-state index contributed by atoms with van der Waals surface area (Å²) in [5, 5.41) is 7.42. The molecular formula is C20H15FN4O2. The van der Waals surface area contributed by atoms with Crippen molar-refractivity contribution in [1.82, 2.24) is 14.8 Å². The summed E-state index contributed by atoms with van der Waals surface area (Å²) in [5.41, 5.74) is 1.09. The van der Waals surface area contributed by atoms with Crippen molar-refractivity contribution >= 4 is 11.9 Å². The molecular weight excluding hydrogens is 347 g/mol. The third-order valence-electron chi connectivity index (χ3n) is 3.92. The monoisotopic (exact) mass is 362 g/mol. The predicted molar refractivity (Wildman–Crippen MR) is 97.6 cm³/mol. The summed E-state index contributed by atoms with van der Waals surface area (Å²) >= 11 is 0. The number of hydrogen-bond acceptors (Lipinski definition) is 5. The summed E-state index contributed by atoms with van der Waals surface area (Å²) in [6, 6.07) is 18.2. The highest BCUT2D eigenvalue weighted by atomic mass is 19.1. The first kappa shape index (κ1) is 16.7. The van der Waals surface area contributed by atoms with Crippen LogP contribution in [0.4, 0.5) is 10.3 Å². The normalized spacial score (nSPS) is 10.7. The third-order valence-corrected chi connectivity index (χ3v) is 3.92. The van der Waals surface area contributed by atoms with Gasteiger partial charge in [0, 0.05) is 11.1 Å². The number of benzene rings is 2. The smallest absolute Gasteiger partial charge is 0.281 e. The molecule has 7 heteroatoms. The molecule has 0 fully saturated rings. The molecule has 0 aliphatic carbocycles. The van der Waals surface area contributed by atoms with Crippen molar-refractivity contribution in [3.8, 4) is 11.4 Å². The van der Waals surface area contributed by atoms with Gasteiger partial charge in [0.25, 0.3) is 5.91 Å². The maximum absolute atomic E-state index is 13.2. The zero-order chi connectivity index (χ0) is 18.6. The first-order valence-corrected chi connectivity index (χ1v) is 8.30. The Balaban J connectivity index is 1.69. The van der Waals surface area contributed by atoms with E-state index in [1.807, 2.05) is 36.4 Å². The minimum atomic E-state index is -0.411. The summed E-state index contributed by atoms with van der Waals surface area (Å²) in [7, 11) is 0. The maximum Gasteiger partial charge on any atom is 0.281 e. The second-order valence-corrected chi connectivity index (χ2v) is 5.78. The molecule has 0 saturated carbocycles. The van der Waals surface area contributed by atoms with Gasteiger partial charge in [-0.3, -0.25) is 4.79 Å². The first-order chi connectivity index (χ1) is 13.2. The van der Waals surface area contributed by atoms with E-state index in [2.05, 4.69) is 15.4 Å². The molecule has 2 aromatic carbocycles. The largest absolute Gasteiger partial charge is 0.467 e. The van der Waals surface area contributed by atoms with E-state index in [0.717, 1.165) is 5.56 Å². The van der Waals surface area contributed by atoms with Crippen molar-refractivity contribution in [2.24, 2.45) is 0 Å². The Kier molecular flexibility index (Phi) is 4.49. The van der Waals surface area contributed by atoms with Gasteiger partial charge in [-0.1, -0.05) is 30.3 Å². The van der Waals surface area contributed by atoms with Crippen LogP contribution >= 0.6 is 0 Å². The van der Waals surface area contributed by atoms with E-state index >= 15 is 0 Å². The summed E-state index contributed by atoms with van der Waals surface area (Å²) in [5.74, 6) is 0.561. The molecule has 2 heterocycles. The minimum Gasteiger partial charge on any atom is -0.467 e. The number of hydrogen-bond donors (Lipinski definition) is 1. The summed E-state index contributed by atoms with van der Waals surface area (Å²) in [6.45, 7) is 0.344. The van der Waals surface area contributed by atoms with Crippen LogP contribution in [0.2, 0.25) is 0 Å². The highest BCUT2D eigenvalue weighted by molar-refractivity contribution is 5.97. The minimum absolute atomic E-state index is 0.277. The van der Waals surface area contributed by atoms with Gasteiger partial charge in [-0.2, -0.15) is 9.67 Å². The zero-order valence-corrected chi connectivity index (χ0v) is 14.2. The van der Waals surface area contributed by atoms with Crippen molar-refractivity contribution in [3.63, 3.8) is 0 Å². The second-order valence-electron chi connectivity index (χ2n) is 5.78. The molecule has 2 aromatic heterocycles. The van der Waals surface area contributed by atoms with Gasteiger partial charge in [-0.25, -0.2) is 4.39 Å².